The highest BCUT2D eigenvalue weighted by atomic mass is 127. The third-order valence-electron chi connectivity index (χ3n) is 2.21. The number of amides is 1. The zero-order valence-electron chi connectivity index (χ0n) is 9.61. The predicted molar refractivity (Wildman–Crippen MR) is 66.8 cm³/mol. The minimum absolute atomic E-state index is 0.401. The van der Waals surface area contributed by atoms with Gasteiger partial charge in [0.2, 0.25) is 0 Å². The Labute approximate surface area is 109 Å². The van der Waals surface area contributed by atoms with Crippen molar-refractivity contribution in [1.29, 1.82) is 0 Å². The van der Waals surface area contributed by atoms with Gasteiger partial charge in [0.15, 0.2) is 0 Å². The van der Waals surface area contributed by atoms with Crippen molar-refractivity contribution in [2.24, 2.45) is 0 Å². The molecule has 6 heteroatoms. The minimum atomic E-state index is -1.14. The third kappa shape index (κ3) is 3.66. The van der Waals surface area contributed by atoms with E-state index in [0.29, 0.717) is 13.1 Å². The van der Waals surface area contributed by atoms with Crippen molar-refractivity contribution in [3.63, 3.8) is 0 Å². The number of carboxylic acid groups (broad SMARTS) is 1. The molecule has 0 aliphatic carbocycles. The molecule has 16 heavy (non-hydrogen) atoms. The summed E-state index contributed by atoms with van der Waals surface area (Å²) in [6.07, 6.45) is 2.43. The van der Waals surface area contributed by atoms with Crippen LogP contribution in [0.25, 0.3) is 0 Å². The summed E-state index contributed by atoms with van der Waals surface area (Å²) in [5, 5.41) is 11.0. The lowest BCUT2D eigenvalue weighted by Crippen LogP contribution is -2.52. The molecule has 1 aromatic rings. The summed E-state index contributed by atoms with van der Waals surface area (Å²) in [6.45, 7) is 6.53. The van der Waals surface area contributed by atoms with E-state index in [2.05, 4.69) is 27.6 Å². The largest absolute Gasteiger partial charge is 0.530 e. The van der Waals surface area contributed by atoms with Crippen LogP contribution in [-0.2, 0) is 6.54 Å². The maximum absolute atomic E-state index is 11.0. The lowest BCUT2D eigenvalue weighted by Gasteiger charge is -2.37. The van der Waals surface area contributed by atoms with Gasteiger partial charge in [-0.25, -0.2) is 4.98 Å². The zero-order chi connectivity index (χ0) is 12.3. The molecule has 0 N–H and O–H groups in total. The standard InChI is InChI=1S/C10H16IN3O2/c1-10(2,3)14(9(15)16)5-4-13-6-8(11)12-7-13/h6-7H,4-5H2,1-3H3,(H,15,16)/p-1. The van der Waals surface area contributed by atoms with Gasteiger partial charge in [-0.15, -0.1) is 0 Å². The number of halogens is 1. The summed E-state index contributed by atoms with van der Waals surface area (Å²) in [7, 11) is 0. The van der Waals surface area contributed by atoms with Gasteiger partial charge in [-0.3, -0.25) is 0 Å². The predicted octanol–water partition coefficient (Wildman–Crippen LogP) is 0.932. The maximum Gasteiger partial charge on any atom is 0.137 e. The van der Waals surface area contributed by atoms with Gasteiger partial charge < -0.3 is 19.4 Å². The molecule has 0 atom stereocenters. The topological polar surface area (TPSA) is 61.2 Å². The highest BCUT2D eigenvalue weighted by molar-refractivity contribution is 14.1. The summed E-state index contributed by atoms with van der Waals surface area (Å²) >= 11 is 2.11. The average Bonchev–Trinajstić information content (AvgIpc) is 2.48. The lowest BCUT2D eigenvalue weighted by atomic mass is 10.1. The average molecular weight is 336 g/mol. The molecule has 0 aliphatic heterocycles. The number of hydrogen-bond donors (Lipinski definition) is 0. The number of carbonyl (C=O) groups is 1. The molecule has 1 heterocycles. The van der Waals surface area contributed by atoms with E-state index in [4.69, 9.17) is 0 Å². The second kappa shape index (κ2) is 5.03. The first-order chi connectivity index (χ1) is 7.30. The van der Waals surface area contributed by atoms with E-state index in [1.807, 2.05) is 31.5 Å². The van der Waals surface area contributed by atoms with Crippen molar-refractivity contribution in [3.8, 4) is 0 Å². The summed E-state index contributed by atoms with van der Waals surface area (Å²) in [5.41, 5.74) is -0.438. The Morgan fingerprint density at radius 3 is 2.62 bits per heavy atom. The fraction of sp³-hybridized carbons (Fsp3) is 0.600. The number of aromatic nitrogens is 2. The number of carbonyl (C=O) groups excluding carboxylic acids is 1. The van der Waals surface area contributed by atoms with Crippen molar-refractivity contribution < 1.29 is 9.90 Å². The quantitative estimate of drug-likeness (QED) is 0.772. The Bertz CT molecular complexity index is 370. The smallest absolute Gasteiger partial charge is 0.137 e. The molecule has 0 spiro atoms. The van der Waals surface area contributed by atoms with Crippen LogP contribution in [0.15, 0.2) is 12.5 Å². The first kappa shape index (κ1) is 13.3. The molecule has 0 aliphatic rings. The maximum atomic E-state index is 11.0. The molecule has 1 aromatic heterocycles. The van der Waals surface area contributed by atoms with E-state index in [9.17, 15) is 9.90 Å². The molecule has 0 saturated carbocycles. The SMILES string of the molecule is CC(C)(C)N(CCn1cnc(I)c1)C(=O)[O-]. The fourth-order valence-corrected chi connectivity index (χ4v) is 1.85. The van der Waals surface area contributed by atoms with Crippen molar-refractivity contribution in [2.45, 2.75) is 32.9 Å². The van der Waals surface area contributed by atoms with E-state index in [1.165, 1.54) is 4.90 Å². The van der Waals surface area contributed by atoms with Crippen LogP contribution in [0.2, 0.25) is 0 Å². The van der Waals surface area contributed by atoms with Crippen LogP contribution in [0.3, 0.4) is 0 Å². The van der Waals surface area contributed by atoms with Crippen LogP contribution in [0.1, 0.15) is 20.8 Å². The lowest BCUT2D eigenvalue weighted by molar-refractivity contribution is -0.270. The number of hydrogen-bond acceptors (Lipinski definition) is 3. The van der Waals surface area contributed by atoms with Gasteiger partial charge >= 0.3 is 0 Å². The van der Waals surface area contributed by atoms with Crippen LogP contribution in [0, 0.1) is 3.70 Å². The van der Waals surface area contributed by atoms with Crippen molar-refractivity contribution in [3.05, 3.63) is 16.2 Å². The fourth-order valence-electron chi connectivity index (χ4n) is 1.37. The number of nitrogens with zero attached hydrogens (tertiary/aromatic N) is 3. The van der Waals surface area contributed by atoms with E-state index in [0.717, 1.165) is 3.70 Å². The van der Waals surface area contributed by atoms with Gasteiger partial charge in [-0.05, 0) is 43.4 Å². The molecule has 90 valence electrons. The molecule has 0 bridgehead atoms. The van der Waals surface area contributed by atoms with E-state index in [1.54, 1.807) is 6.33 Å². The van der Waals surface area contributed by atoms with Gasteiger partial charge in [0.1, 0.15) is 9.79 Å². The first-order valence-electron chi connectivity index (χ1n) is 4.96. The molecular formula is C10H15IN3O2-. The molecule has 0 saturated heterocycles. The van der Waals surface area contributed by atoms with Crippen LogP contribution in [0.5, 0.6) is 0 Å². The zero-order valence-corrected chi connectivity index (χ0v) is 11.8. The first-order valence-corrected chi connectivity index (χ1v) is 6.04. The molecule has 1 rings (SSSR count). The highest BCUT2D eigenvalue weighted by Crippen LogP contribution is 2.12. The van der Waals surface area contributed by atoms with Gasteiger partial charge in [0.05, 0.1) is 6.33 Å². The van der Waals surface area contributed by atoms with Crippen LogP contribution >= 0.6 is 22.6 Å². The Hall–Kier alpha value is -0.790. The summed E-state index contributed by atoms with van der Waals surface area (Å²) in [4.78, 5) is 16.4. The third-order valence-corrected chi connectivity index (χ3v) is 2.77. The summed E-state index contributed by atoms with van der Waals surface area (Å²) < 4.78 is 2.76. The van der Waals surface area contributed by atoms with E-state index < -0.39 is 11.6 Å². The Morgan fingerprint density at radius 1 is 1.62 bits per heavy atom. The van der Waals surface area contributed by atoms with Crippen molar-refractivity contribution >= 4 is 28.7 Å². The second-order valence-electron chi connectivity index (χ2n) is 4.52. The van der Waals surface area contributed by atoms with Crippen LogP contribution in [0.4, 0.5) is 4.79 Å². The molecule has 1 amide bonds. The second-order valence-corrected chi connectivity index (χ2v) is 5.63. The summed E-state index contributed by atoms with van der Waals surface area (Å²) in [6, 6.07) is 0. The van der Waals surface area contributed by atoms with Crippen molar-refractivity contribution in [2.75, 3.05) is 6.54 Å². The van der Waals surface area contributed by atoms with Crippen LogP contribution in [-0.4, -0.2) is 32.6 Å². The Kier molecular flexibility index (Phi) is 4.17. The van der Waals surface area contributed by atoms with Gasteiger partial charge in [-0.2, -0.15) is 0 Å². The molecule has 0 radical (unpaired) electrons. The van der Waals surface area contributed by atoms with E-state index >= 15 is 0 Å². The van der Waals surface area contributed by atoms with Gasteiger partial charge in [0, 0.05) is 24.8 Å². The molecule has 5 nitrogen and oxygen atoms in total. The Morgan fingerprint density at radius 2 is 2.25 bits per heavy atom. The molecular weight excluding hydrogens is 321 g/mol. The van der Waals surface area contributed by atoms with Crippen LogP contribution < -0.4 is 5.11 Å². The minimum Gasteiger partial charge on any atom is -0.530 e. The molecule has 0 fully saturated rings. The normalized spacial score (nSPS) is 11.5. The van der Waals surface area contributed by atoms with Gasteiger partial charge in [-0.1, -0.05) is 0 Å². The summed E-state index contributed by atoms with van der Waals surface area (Å²) in [5.74, 6) is 0. The van der Waals surface area contributed by atoms with E-state index in [-0.39, 0.29) is 0 Å². The van der Waals surface area contributed by atoms with Gasteiger partial charge in [0.25, 0.3) is 0 Å². The Balaban J connectivity index is 2.61. The molecule has 0 unspecified atom stereocenters. The number of imidazole rings is 1. The number of rotatable bonds is 3. The monoisotopic (exact) mass is 336 g/mol. The van der Waals surface area contributed by atoms with Crippen molar-refractivity contribution in [1.82, 2.24) is 14.5 Å². The molecule has 0 aromatic carbocycles. The highest BCUT2D eigenvalue weighted by Gasteiger charge is 2.20.